The number of nitrogens with one attached hydrogen (secondary N) is 1. The molecule has 5 heteroatoms. The zero-order valence-electron chi connectivity index (χ0n) is 15.3. The maximum Gasteiger partial charge on any atom is 0.341 e. The van der Waals surface area contributed by atoms with E-state index in [0.29, 0.717) is 23.6 Å². The third kappa shape index (κ3) is 4.69. The standard InChI is InChI=1S/C20H25NO3S/c1-5-7-8-17(22)21-19-18(20(23)24-6-2)16(12-25-19)15-10-9-13(3)11-14(15)4/h9-12H,5-8H2,1-4H3,(H,21,22). The molecule has 0 spiro atoms. The summed E-state index contributed by atoms with van der Waals surface area (Å²) in [6.45, 7) is 8.18. The van der Waals surface area contributed by atoms with E-state index in [4.69, 9.17) is 4.74 Å². The van der Waals surface area contributed by atoms with Crippen molar-refractivity contribution >= 4 is 28.2 Å². The highest BCUT2D eigenvalue weighted by atomic mass is 32.1. The van der Waals surface area contributed by atoms with E-state index in [2.05, 4.69) is 11.4 Å². The normalized spacial score (nSPS) is 10.6. The fraction of sp³-hybridized carbons (Fsp3) is 0.400. The van der Waals surface area contributed by atoms with E-state index in [9.17, 15) is 9.59 Å². The Kier molecular flexibility index (Phi) is 6.76. The van der Waals surface area contributed by atoms with Crippen LogP contribution in [-0.2, 0) is 9.53 Å². The molecule has 0 bridgehead atoms. The Balaban J connectivity index is 2.43. The van der Waals surface area contributed by atoms with Gasteiger partial charge in [0.1, 0.15) is 10.6 Å². The molecule has 1 amide bonds. The summed E-state index contributed by atoms with van der Waals surface area (Å²) < 4.78 is 5.23. The molecule has 0 aliphatic carbocycles. The molecule has 4 nitrogen and oxygen atoms in total. The minimum absolute atomic E-state index is 0.0681. The fourth-order valence-electron chi connectivity index (χ4n) is 2.70. The molecule has 0 fully saturated rings. The Morgan fingerprint density at radius 2 is 1.92 bits per heavy atom. The number of carbonyl (C=O) groups is 2. The Morgan fingerprint density at radius 3 is 2.56 bits per heavy atom. The van der Waals surface area contributed by atoms with E-state index < -0.39 is 5.97 Å². The summed E-state index contributed by atoms with van der Waals surface area (Å²) in [6, 6.07) is 6.12. The van der Waals surface area contributed by atoms with E-state index in [1.54, 1.807) is 6.92 Å². The van der Waals surface area contributed by atoms with Crippen LogP contribution in [0.2, 0.25) is 0 Å². The minimum atomic E-state index is -0.399. The van der Waals surface area contributed by atoms with Gasteiger partial charge in [-0.2, -0.15) is 0 Å². The van der Waals surface area contributed by atoms with Crippen LogP contribution < -0.4 is 5.32 Å². The molecule has 0 aliphatic heterocycles. The second kappa shape index (κ2) is 8.81. The van der Waals surface area contributed by atoms with Gasteiger partial charge >= 0.3 is 5.97 Å². The number of unbranched alkanes of at least 4 members (excludes halogenated alkanes) is 1. The summed E-state index contributed by atoms with van der Waals surface area (Å²) in [5.41, 5.74) is 4.50. The highest BCUT2D eigenvalue weighted by Gasteiger charge is 2.23. The fourth-order valence-corrected chi connectivity index (χ4v) is 3.66. The number of amides is 1. The molecule has 0 unspecified atom stereocenters. The summed E-state index contributed by atoms with van der Waals surface area (Å²) >= 11 is 1.37. The van der Waals surface area contributed by atoms with Gasteiger partial charge < -0.3 is 10.1 Å². The van der Waals surface area contributed by atoms with Crippen molar-refractivity contribution in [2.24, 2.45) is 0 Å². The Labute approximate surface area is 153 Å². The molecule has 1 aromatic heterocycles. The number of aryl methyl sites for hydroxylation is 2. The molecule has 1 heterocycles. The van der Waals surface area contributed by atoms with Gasteiger partial charge in [0, 0.05) is 17.4 Å². The summed E-state index contributed by atoms with van der Waals surface area (Å²) in [4.78, 5) is 24.6. The smallest absolute Gasteiger partial charge is 0.341 e. The average Bonchev–Trinajstić information content (AvgIpc) is 2.96. The number of carbonyl (C=O) groups excluding carboxylic acids is 2. The van der Waals surface area contributed by atoms with Gasteiger partial charge in [-0.25, -0.2) is 4.79 Å². The van der Waals surface area contributed by atoms with Gasteiger partial charge in [0.15, 0.2) is 0 Å². The van der Waals surface area contributed by atoms with E-state index >= 15 is 0 Å². The van der Waals surface area contributed by atoms with E-state index in [1.807, 2.05) is 38.3 Å². The van der Waals surface area contributed by atoms with Crippen LogP contribution in [0.5, 0.6) is 0 Å². The van der Waals surface area contributed by atoms with Gasteiger partial charge in [0.2, 0.25) is 5.91 Å². The van der Waals surface area contributed by atoms with Crippen molar-refractivity contribution in [3.63, 3.8) is 0 Å². The lowest BCUT2D eigenvalue weighted by Crippen LogP contribution is -2.14. The van der Waals surface area contributed by atoms with Crippen molar-refractivity contribution in [2.75, 3.05) is 11.9 Å². The molecule has 2 rings (SSSR count). The van der Waals surface area contributed by atoms with Crippen molar-refractivity contribution in [2.45, 2.75) is 47.0 Å². The molecule has 0 aliphatic rings. The number of rotatable bonds is 7. The van der Waals surface area contributed by atoms with Gasteiger partial charge in [-0.15, -0.1) is 11.3 Å². The molecule has 0 saturated carbocycles. The summed E-state index contributed by atoms with van der Waals surface area (Å²) in [7, 11) is 0. The average molecular weight is 359 g/mol. The molecule has 0 radical (unpaired) electrons. The second-order valence-electron chi connectivity index (χ2n) is 6.04. The van der Waals surface area contributed by atoms with E-state index in [1.165, 1.54) is 16.9 Å². The third-order valence-electron chi connectivity index (χ3n) is 3.95. The van der Waals surface area contributed by atoms with E-state index in [-0.39, 0.29) is 5.91 Å². The first-order valence-corrected chi connectivity index (χ1v) is 9.52. The van der Waals surface area contributed by atoms with Crippen molar-refractivity contribution in [1.29, 1.82) is 0 Å². The van der Waals surface area contributed by atoms with Crippen LogP contribution in [0.1, 0.15) is 54.6 Å². The van der Waals surface area contributed by atoms with Crippen LogP contribution in [0.3, 0.4) is 0 Å². The second-order valence-corrected chi connectivity index (χ2v) is 6.92. The Morgan fingerprint density at radius 1 is 1.16 bits per heavy atom. The Hall–Kier alpha value is -2.14. The lowest BCUT2D eigenvalue weighted by Gasteiger charge is -2.10. The summed E-state index contributed by atoms with van der Waals surface area (Å²) in [6.07, 6.45) is 2.24. The van der Waals surface area contributed by atoms with Gasteiger partial charge in [0.05, 0.1) is 6.61 Å². The quantitative estimate of drug-likeness (QED) is 0.679. The van der Waals surface area contributed by atoms with E-state index in [0.717, 1.165) is 29.5 Å². The van der Waals surface area contributed by atoms with Crippen LogP contribution in [0.15, 0.2) is 23.6 Å². The molecule has 134 valence electrons. The largest absolute Gasteiger partial charge is 0.462 e. The number of anilines is 1. The maximum absolute atomic E-state index is 12.5. The molecule has 0 saturated heterocycles. The highest BCUT2D eigenvalue weighted by Crippen LogP contribution is 2.38. The molecule has 0 atom stereocenters. The minimum Gasteiger partial charge on any atom is -0.462 e. The zero-order valence-corrected chi connectivity index (χ0v) is 16.1. The molecule has 1 N–H and O–H groups in total. The first-order valence-electron chi connectivity index (χ1n) is 8.64. The van der Waals surface area contributed by atoms with Crippen LogP contribution in [0.4, 0.5) is 5.00 Å². The van der Waals surface area contributed by atoms with Gasteiger partial charge in [-0.1, -0.05) is 37.1 Å². The monoisotopic (exact) mass is 359 g/mol. The molecular weight excluding hydrogens is 334 g/mol. The van der Waals surface area contributed by atoms with Gasteiger partial charge in [-0.05, 0) is 38.3 Å². The molecular formula is C20H25NO3S. The molecule has 25 heavy (non-hydrogen) atoms. The zero-order chi connectivity index (χ0) is 18.4. The predicted octanol–water partition coefficient (Wildman–Crippen LogP) is 5.34. The predicted molar refractivity (Wildman–Crippen MR) is 103 cm³/mol. The van der Waals surface area contributed by atoms with Crippen LogP contribution >= 0.6 is 11.3 Å². The number of ether oxygens (including phenoxy) is 1. The lowest BCUT2D eigenvalue weighted by molar-refractivity contribution is -0.116. The SMILES string of the molecule is CCCCC(=O)Nc1scc(-c2ccc(C)cc2C)c1C(=O)OCC. The maximum atomic E-state index is 12.5. The highest BCUT2D eigenvalue weighted by molar-refractivity contribution is 7.15. The van der Waals surface area contributed by atoms with Crippen LogP contribution in [-0.4, -0.2) is 18.5 Å². The number of hydrogen-bond donors (Lipinski definition) is 1. The molecule has 2 aromatic rings. The number of hydrogen-bond acceptors (Lipinski definition) is 4. The van der Waals surface area contributed by atoms with Crippen molar-refractivity contribution in [3.8, 4) is 11.1 Å². The van der Waals surface area contributed by atoms with Crippen LogP contribution in [0, 0.1) is 13.8 Å². The van der Waals surface area contributed by atoms with Crippen molar-refractivity contribution in [3.05, 3.63) is 40.3 Å². The topological polar surface area (TPSA) is 55.4 Å². The lowest BCUT2D eigenvalue weighted by atomic mass is 9.97. The number of benzene rings is 1. The van der Waals surface area contributed by atoms with Crippen molar-refractivity contribution in [1.82, 2.24) is 0 Å². The van der Waals surface area contributed by atoms with Gasteiger partial charge in [0.25, 0.3) is 0 Å². The first kappa shape index (κ1) is 19.2. The van der Waals surface area contributed by atoms with Crippen molar-refractivity contribution < 1.29 is 14.3 Å². The summed E-state index contributed by atoms with van der Waals surface area (Å²) in [5, 5.41) is 5.36. The number of thiophene rings is 1. The summed E-state index contributed by atoms with van der Waals surface area (Å²) in [5.74, 6) is -0.467. The van der Waals surface area contributed by atoms with Gasteiger partial charge in [-0.3, -0.25) is 4.79 Å². The number of esters is 1. The first-order chi connectivity index (χ1) is 12.0. The van der Waals surface area contributed by atoms with Crippen LogP contribution in [0.25, 0.3) is 11.1 Å². The Bertz CT molecular complexity index is 764. The third-order valence-corrected chi connectivity index (χ3v) is 4.85. The molecule has 1 aromatic carbocycles.